The van der Waals surface area contributed by atoms with Crippen LogP contribution in [-0.2, 0) is 4.79 Å². The molecule has 1 heterocycles. The first kappa shape index (κ1) is 19.1. The molecule has 0 bridgehead atoms. The zero-order chi connectivity index (χ0) is 18.2. The number of nitrogens with one attached hydrogen (secondary N) is 1. The average Bonchev–Trinajstić information content (AvgIpc) is 3.12. The number of allylic oxidation sites excluding steroid dienone is 1. The lowest BCUT2D eigenvalue weighted by Crippen LogP contribution is -2.34. The molecular formula is C20H25NO3S. The van der Waals surface area contributed by atoms with E-state index in [1.807, 2.05) is 54.8 Å². The van der Waals surface area contributed by atoms with E-state index in [0.717, 1.165) is 10.4 Å². The van der Waals surface area contributed by atoms with E-state index in [1.54, 1.807) is 18.4 Å². The first-order valence-corrected chi connectivity index (χ1v) is 9.19. The minimum atomic E-state index is -0.147. The van der Waals surface area contributed by atoms with Gasteiger partial charge in [0.2, 0.25) is 0 Å². The summed E-state index contributed by atoms with van der Waals surface area (Å²) < 4.78 is 11.0. The normalized spacial score (nSPS) is 12.4. The minimum Gasteiger partial charge on any atom is -0.493 e. The van der Waals surface area contributed by atoms with Gasteiger partial charge in [0.25, 0.3) is 5.91 Å². The highest BCUT2D eigenvalue weighted by Crippen LogP contribution is 2.29. The molecule has 0 saturated heterocycles. The fourth-order valence-electron chi connectivity index (χ4n) is 2.49. The summed E-state index contributed by atoms with van der Waals surface area (Å²) in [4.78, 5) is 13.5. The molecule has 2 rings (SSSR count). The van der Waals surface area contributed by atoms with Gasteiger partial charge in [-0.25, -0.2) is 0 Å². The molecule has 0 saturated carbocycles. The Morgan fingerprint density at radius 3 is 2.68 bits per heavy atom. The Kier molecular flexibility index (Phi) is 7.07. The van der Waals surface area contributed by atoms with Crippen molar-refractivity contribution in [3.8, 4) is 11.5 Å². The predicted molar refractivity (Wildman–Crippen MR) is 103 cm³/mol. The Balaban J connectivity index is 1.99. The summed E-state index contributed by atoms with van der Waals surface area (Å²) in [6.45, 7) is 6.09. The summed E-state index contributed by atoms with van der Waals surface area (Å²) in [7, 11) is 1.59. The van der Waals surface area contributed by atoms with Crippen molar-refractivity contribution < 1.29 is 14.3 Å². The number of thiophene rings is 1. The second-order valence-electron chi connectivity index (χ2n) is 6.00. The fourth-order valence-corrected chi connectivity index (χ4v) is 3.44. The van der Waals surface area contributed by atoms with Gasteiger partial charge in [0, 0.05) is 4.88 Å². The Hall–Kier alpha value is -2.27. The van der Waals surface area contributed by atoms with E-state index < -0.39 is 0 Å². The number of carbonyl (C=O) groups is 1. The zero-order valence-electron chi connectivity index (χ0n) is 15.1. The summed E-state index contributed by atoms with van der Waals surface area (Å²) in [6.07, 6.45) is 3.94. The first-order chi connectivity index (χ1) is 12.0. The Morgan fingerprint density at radius 1 is 1.28 bits per heavy atom. The van der Waals surface area contributed by atoms with Crippen LogP contribution < -0.4 is 14.8 Å². The van der Waals surface area contributed by atoms with Gasteiger partial charge in [-0.1, -0.05) is 38.1 Å². The van der Waals surface area contributed by atoms with Crippen LogP contribution in [0.4, 0.5) is 0 Å². The van der Waals surface area contributed by atoms with E-state index in [9.17, 15) is 4.79 Å². The highest BCUT2D eigenvalue weighted by molar-refractivity contribution is 7.10. The molecule has 0 unspecified atom stereocenters. The van der Waals surface area contributed by atoms with E-state index in [2.05, 4.69) is 19.2 Å². The average molecular weight is 359 g/mol. The summed E-state index contributed by atoms with van der Waals surface area (Å²) in [5.74, 6) is 1.33. The van der Waals surface area contributed by atoms with Gasteiger partial charge in [0.1, 0.15) is 0 Å². The van der Waals surface area contributed by atoms with Gasteiger partial charge in [0.05, 0.1) is 13.2 Å². The van der Waals surface area contributed by atoms with Gasteiger partial charge < -0.3 is 14.8 Å². The van der Waals surface area contributed by atoms with E-state index in [1.165, 1.54) is 0 Å². The SMILES string of the molecule is C/C=C/c1ccc(OCC(=O)N[C@H](c2cccs2)C(C)C)c(OC)c1. The number of rotatable bonds is 8. The number of carbonyl (C=O) groups excluding carboxylic acids is 1. The van der Waals surface area contributed by atoms with Crippen LogP contribution in [0.1, 0.15) is 37.3 Å². The maximum atomic E-state index is 12.3. The second-order valence-corrected chi connectivity index (χ2v) is 6.98. The molecule has 0 aliphatic rings. The van der Waals surface area contributed by atoms with Crippen molar-refractivity contribution in [2.24, 2.45) is 5.92 Å². The van der Waals surface area contributed by atoms with Gasteiger partial charge in [0.15, 0.2) is 18.1 Å². The van der Waals surface area contributed by atoms with Crippen LogP contribution >= 0.6 is 11.3 Å². The maximum absolute atomic E-state index is 12.3. The standard InChI is InChI=1S/C20H25NO3S/c1-5-7-15-9-10-16(17(12-15)23-4)24-13-19(22)21-20(14(2)3)18-8-6-11-25-18/h5-12,14,20H,13H2,1-4H3,(H,21,22)/b7-5+/t20-/m0/s1. The Bertz CT molecular complexity index is 708. The molecule has 4 nitrogen and oxygen atoms in total. The second kappa shape index (κ2) is 9.28. The van der Waals surface area contributed by atoms with Crippen molar-refractivity contribution in [1.29, 1.82) is 0 Å². The number of amides is 1. The smallest absolute Gasteiger partial charge is 0.258 e. The molecule has 1 N–H and O–H groups in total. The van der Waals surface area contributed by atoms with Crippen molar-refractivity contribution in [1.82, 2.24) is 5.32 Å². The lowest BCUT2D eigenvalue weighted by molar-refractivity contribution is -0.124. The van der Waals surface area contributed by atoms with Gasteiger partial charge in [-0.2, -0.15) is 0 Å². The van der Waals surface area contributed by atoms with E-state index >= 15 is 0 Å². The maximum Gasteiger partial charge on any atom is 0.258 e. The van der Waals surface area contributed by atoms with Crippen LogP contribution in [-0.4, -0.2) is 19.6 Å². The van der Waals surface area contributed by atoms with Gasteiger partial charge in [-0.3, -0.25) is 4.79 Å². The molecule has 25 heavy (non-hydrogen) atoms. The largest absolute Gasteiger partial charge is 0.493 e. The molecule has 0 radical (unpaired) electrons. The van der Waals surface area contributed by atoms with Crippen LogP contribution in [0.5, 0.6) is 11.5 Å². The molecule has 134 valence electrons. The van der Waals surface area contributed by atoms with Crippen molar-refractivity contribution in [2.75, 3.05) is 13.7 Å². The van der Waals surface area contributed by atoms with E-state index in [0.29, 0.717) is 17.4 Å². The monoisotopic (exact) mass is 359 g/mol. The third kappa shape index (κ3) is 5.36. The van der Waals surface area contributed by atoms with Gasteiger partial charge >= 0.3 is 0 Å². The molecule has 5 heteroatoms. The zero-order valence-corrected chi connectivity index (χ0v) is 15.9. The number of hydrogen-bond donors (Lipinski definition) is 1. The van der Waals surface area contributed by atoms with E-state index in [-0.39, 0.29) is 18.6 Å². The Morgan fingerprint density at radius 2 is 2.08 bits per heavy atom. The summed E-state index contributed by atoms with van der Waals surface area (Å²) in [5.41, 5.74) is 1.02. The van der Waals surface area contributed by atoms with Gasteiger partial charge in [-0.05, 0) is 42.0 Å². The molecule has 1 aromatic heterocycles. The van der Waals surface area contributed by atoms with E-state index in [4.69, 9.17) is 9.47 Å². The molecule has 2 aromatic rings. The minimum absolute atomic E-state index is 0.00457. The molecule has 1 amide bonds. The van der Waals surface area contributed by atoms with Crippen LogP contribution in [0.2, 0.25) is 0 Å². The third-order valence-electron chi connectivity index (χ3n) is 3.74. The van der Waals surface area contributed by atoms with Crippen molar-refractivity contribution in [2.45, 2.75) is 26.8 Å². The molecule has 0 aliphatic heterocycles. The number of benzene rings is 1. The third-order valence-corrected chi connectivity index (χ3v) is 4.69. The highest BCUT2D eigenvalue weighted by Gasteiger charge is 2.19. The van der Waals surface area contributed by atoms with Crippen molar-refractivity contribution in [3.05, 3.63) is 52.2 Å². The summed E-state index contributed by atoms with van der Waals surface area (Å²) >= 11 is 1.65. The number of ether oxygens (including phenoxy) is 2. The first-order valence-electron chi connectivity index (χ1n) is 8.31. The van der Waals surface area contributed by atoms with Crippen molar-refractivity contribution >= 4 is 23.3 Å². The van der Waals surface area contributed by atoms with Gasteiger partial charge in [-0.15, -0.1) is 11.3 Å². The van der Waals surface area contributed by atoms with Crippen LogP contribution in [0, 0.1) is 5.92 Å². The number of hydrogen-bond acceptors (Lipinski definition) is 4. The molecule has 0 fully saturated rings. The molecule has 1 atom stereocenters. The predicted octanol–water partition coefficient (Wildman–Crippen LogP) is 4.68. The lowest BCUT2D eigenvalue weighted by atomic mass is 10.0. The quantitative estimate of drug-likeness (QED) is 0.744. The van der Waals surface area contributed by atoms with Crippen LogP contribution in [0.15, 0.2) is 41.8 Å². The van der Waals surface area contributed by atoms with Crippen molar-refractivity contribution in [3.63, 3.8) is 0 Å². The Labute approximate surface area is 153 Å². The summed E-state index contributed by atoms with van der Waals surface area (Å²) in [6, 6.07) is 9.67. The van der Waals surface area contributed by atoms with Crippen LogP contribution in [0.3, 0.4) is 0 Å². The molecule has 0 spiro atoms. The fraction of sp³-hybridized carbons (Fsp3) is 0.350. The molecule has 0 aliphatic carbocycles. The topological polar surface area (TPSA) is 47.6 Å². The lowest BCUT2D eigenvalue weighted by Gasteiger charge is -2.21. The number of methoxy groups -OCH3 is 1. The van der Waals surface area contributed by atoms with Crippen LogP contribution in [0.25, 0.3) is 6.08 Å². The highest BCUT2D eigenvalue weighted by atomic mass is 32.1. The molecule has 1 aromatic carbocycles. The molecular weight excluding hydrogens is 334 g/mol. The summed E-state index contributed by atoms with van der Waals surface area (Å²) in [5, 5.41) is 5.07.